The molecule has 0 spiro atoms. The summed E-state index contributed by atoms with van der Waals surface area (Å²) in [6.07, 6.45) is 8.44. The summed E-state index contributed by atoms with van der Waals surface area (Å²) in [6, 6.07) is 1.62. The molecule has 15 heavy (non-hydrogen) atoms. The van der Waals surface area contributed by atoms with E-state index in [-0.39, 0.29) is 0 Å². The van der Waals surface area contributed by atoms with Crippen LogP contribution in [-0.4, -0.2) is 30.6 Å². The summed E-state index contributed by atoms with van der Waals surface area (Å²) in [5.74, 6) is 1.67. The monoisotopic (exact) mass is 210 g/mol. The zero-order valence-electron chi connectivity index (χ0n) is 10.3. The molecule has 0 heterocycles. The lowest BCUT2D eigenvalue weighted by molar-refractivity contribution is 0.0195. The number of nitrogens with two attached hydrogens (primary N) is 1. The summed E-state index contributed by atoms with van der Waals surface area (Å²) < 4.78 is 0. The van der Waals surface area contributed by atoms with Gasteiger partial charge in [-0.2, -0.15) is 0 Å². The molecular weight excluding hydrogens is 184 g/mol. The van der Waals surface area contributed by atoms with E-state index in [1.54, 1.807) is 0 Å². The molecule has 2 rings (SSSR count). The third kappa shape index (κ3) is 2.21. The molecule has 2 nitrogen and oxygen atoms in total. The fourth-order valence-electron chi connectivity index (χ4n) is 3.51. The molecule has 2 aliphatic carbocycles. The topological polar surface area (TPSA) is 29.3 Å². The summed E-state index contributed by atoms with van der Waals surface area (Å²) >= 11 is 0. The van der Waals surface area contributed by atoms with Crippen LogP contribution in [0.25, 0.3) is 0 Å². The van der Waals surface area contributed by atoms with Crippen molar-refractivity contribution in [2.24, 2.45) is 17.6 Å². The van der Waals surface area contributed by atoms with E-state index in [1.165, 1.54) is 38.5 Å². The number of hydrogen-bond donors (Lipinski definition) is 1. The first-order valence-electron chi connectivity index (χ1n) is 6.66. The minimum absolute atomic E-state index is 0.782. The van der Waals surface area contributed by atoms with Crippen LogP contribution in [-0.2, 0) is 0 Å². The first-order chi connectivity index (χ1) is 7.24. The van der Waals surface area contributed by atoms with Crippen LogP contribution in [0.2, 0.25) is 0 Å². The molecule has 0 aromatic carbocycles. The van der Waals surface area contributed by atoms with E-state index >= 15 is 0 Å². The maximum absolute atomic E-state index is 5.80. The second-order valence-corrected chi connectivity index (χ2v) is 5.64. The highest BCUT2D eigenvalue weighted by atomic mass is 15.2. The molecule has 0 amide bonds. The molecule has 0 aliphatic heterocycles. The van der Waals surface area contributed by atoms with Gasteiger partial charge in [-0.25, -0.2) is 0 Å². The van der Waals surface area contributed by atoms with E-state index in [2.05, 4.69) is 18.9 Å². The fraction of sp³-hybridized carbons (Fsp3) is 1.00. The highest BCUT2D eigenvalue weighted by Gasteiger charge is 2.37. The molecular formula is C13H26N2. The fourth-order valence-corrected chi connectivity index (χ4v) is 3.51. The summed E-state index contributed by atoms with van der Waals surface area (Å²) in [4.78, 5) is 2.66. The molecule has 0 saturated heterocycles. The van der Waals surface area contributed by atoms with Crippen LogP contribution < -0.4 is 5.73 Å². The Kier molecular flexibility index (Phi) is 3.68. The maximum atomic E-state index is 5.80. The number of nitrogens with zero attached hydrogens (tertiary/aromatic N) is 1. The average molecular weight is 210 g/mol. The van der Waals surface area contributed by atoms with Crippen LogP contribution >= 0.6 is 0 Å². The van der Waals surface area contributed by atoms with Crippen molar-refractivity contribution in [2.75, 3.05) is 13.6 Å². The van der Waals surface area contributed by atoms with Gasteiger partial charge in [0, 0.05) is 12.1 Å². The van der Waals surface area contributed by atoms with E-state index < -0.39 is 0 Å². The Morgan fingerprint density at radius 1 is 1.07 bits per heavy atom. The number of rotatable bonds is 3. The van der Waals surface area contributed by atoms with Gasteiger partial charge in [-0.05, 0) is 51.1 Å². The number of hydrogen-bond acceptors (Lipinski definition) is 2. The van der Waals surface area contributed by atoms with Gasteiger partial charge in [0.1, 0.15) is 0 Å². The highest BCUT2D eigenvalue weighted by molar-refractivity contribution is 4.92. The largest absolute Gasteiger partial charge is 0.330 e. The predicted molar refractivity (Wildman–Crippen MR) is 64.7 cm³/mol. The van der Waals surface area contributed by atoms with Crippen LogP contribution in [0, 0.1) is 11.8 Å². The Balaban J connectivity index is 1.91. The lowest BCUT2D eigenvalue weighted by Crippen LogP contribution is -2.54. The first-order valence-corrected chi connectivity index (χ1v) is 6.66. The van der Waals surface area contributed by atoms with Gasteiger partial charge in [-0.1, -0.05) is 19.8 Å². The molecule has 0 bridgehead atoms. The molecule has 0 aromatic rings. The molecule has 2 heteroatoms. The SMILES string of the molecule is CC1CCCCC1N(C)C1CCC1CN. The van der Waals surface area contributed by atoms with Crippen molar-refractivity contribution < 1.29 is 0 Å². The van der Waals surface area contributed by atoms with E-state index in [0.29, 0.717) is 0 Å². The minimum atomic E-state index is 0.782. The summed E-state index contributed by atoms with van der Waals surface area (Å²) in [5.41, 5.74) is 5.80. The van der Waals surface area contributed by atoms with Crippen molar-refractivity contribution in [1.29, 1.82) is 0 Å². The van der Waals surface area contributed by atoms with Gasteiger partial charge in [0.15, 0.2) is 0 Å². The van der Waals surface area contributed by atoms with Crippen LogP contribution in [0.3, 0.4) is 0 Å². The molecule has 0 radical (unpaired) electrons. The van der Waals surface area contributed by atoms with Crippen LogP contribution in [0.1, 0.15) is 45.4 Å². The van der Waals surface area contributed by atoms with E-state index in [0.717, 1.165) is 30.5 Å². The Morgan fingerprint density at radius 3 is 2.33 bits per heavy atom. The molecule has 0 aromatic heterocycles. The zero-order valence-corrected chi connectivity index (χ0v) is 10.3. The molecule has 2 N–H and O–H groups in total. The molecule has 2 aliphatic rings. The molecule has 2 fully saturated rings. The van der Waals surface area contributed by atoms with Crippen molar-refractivity contribution >= 4 is 0 Å². The lowest BCUT2D eigenvalue weighted by Gasteiger charge is -2.48. The minimum Gasteiger partial charge on any atom is -0.330 e. The Morgan fingerprint density at radius 2 is 1.80 bits per heavy atom. The van der Waals surface area contributed by atoms with Crippen LogP contribution in [0.4, 0.5) is 0 Å². The van der Waals surface area contributed by atoms with E-state index in [1.807, 2.05) is 0 Å². The normalized spacial score (nSPS) is 41.6. The average Bonchev–Trinajstić information content (AvgIpc) is 2.17. The van der Waals surface area contributed by atoms with Crippen LogP contribution in [0.15, 0.2) is 0 Å². The Hall–Kier alpha value is -0.0800. The van der Waals surface area contributed by atoms with E-state index in [4.69, 9.17) is 5.73 Å². The van der Waals surface area contributed by atoms with Gasteiger partial charge in [0.05, 0.1) is 0 Å². The quantitative estimate of drug-likeness (QED) is 0.774. The smallest absolute Gasteiger partial charge is 0.0136 e. The zero-order chi connectivity index (χ0) is 10.8. The predicted octanol–water partition coefficient (Wildman–Crippen LogP) is 2.23. The van der Waals surface area contributed by atoms with E-state index in [9.17, 15) is 0 Å². The standard InChI is InChI=1S/C13H26N2/c1-10-5-3-4-6-12(10)15(2)13-8-7-11(13)9-14/h10-13H,3-9,14H2,1-2H3. The molecule has 88 valence electrons. The molecule has 4 atom stereocenters. The summed E-state index contributed by atoms with van der Waals surface area (Å²) in [5, 5.41) is 0. The Bertz CT molecular complexity index is 203. The third-order valence-electron chi connectivity index (χ3n) is 4.79. The van der Waals surface area contributed by atoms with Crippen molar-refractivity contribution in [1.82, 2.24) is 4.90 Å². The van der Waals surface area contributed by atoms with Crippen LogP contribution in [0.5, 0.6) is 0 Å². The second-order valence-electron chi connectivity index (χ2n) is 5.64. The van der Waals surface area contributed by atoms with Gasteiger partial charge in [0.25, 0.3) is 0 Å². The van der Waals surface area contributed by atoms with Gasteiger partial charge >= 0.3 is 0 Å². The maximum Gasteiger partial charge on any atom is 0.0136 e. The summed E-state index contributed by atoms with van der Waals surface area (Å²) in [6.45, 7) is 3.31. The van der Waals surface area contributed by atoms with Gasteiger partial charge in [-0.15, -0.1) is 0 Å². The van der Waals surface area contributed by atoms with Crippen molar-refractivity contribution in [3.8, 4) is 0 Å². The first kappa shape index (κ1) is 11.4. The highest BCUT2D eigenvalue weighted by Crippen LogP contribution is 2.36. The van der Waals surface area contributed by atoms with Crippen molar-refractivity contribution in [3.63, 3.8) is 0 Å². The second kappa shape index (κ2) is 4.84. The van der Waals surface area contributed by atoms with Gasteiger partial charge in [0.2, 0.25) is 0 Å². The van der Waals surface area contributed by atoms with Crippen molar-refractivity contribution in [2.45, 2.75) is 57.5 Å². The Labute approximate surface area is 94.2 Å². The molecule has 4 unspecified atom stereocenters. The summed E-state index contributed by atoms with van der Waals surface area (Å²) in [7, 11) is 2.33. The van der Waals surface area contributed by atoms with Gasteiger partial charge in [-0.3, -0.25) is 4.90 Å². The third-order valence-corrected chi connectivity index (χ3v) is 4.79. The lowest BCUT2D eigenvalue weighted by atomic mass is 9.76. The van der Waals surface area contributed by atoms with Crippen molar-refractivity contribution in [3.05, 3.63) is 0 Å². The van der Waals surface area contributed by atoms with Gasteiger partial charge < -0.3 is 5.73 Å². The molecule has 2 saturated carbocycles.